The molecule has 8 heteroatoms. The number of nitrogens with one attached hydrogen (secondary N) is 1. The zero-order valence-electron chi connectivity index (χ0n) is 15.3. The van der Waals surface area contributed by atoms with Gasteiger partial charge in [-0.05, 0) is 43.2 Å². The minimum absolute atomic E-state index is 0.151. The maximum Gasteiger partial charge on any atom is 0.282 e. The van der Waals surface area contributed by atoms with Gasteiger partial charge in [0.25, 0.3) is 10.2 Å². The van der Waals surface area contributed by atoms with Crippen molar-refractivity contribution in [1.29, 1.82) is 0 Å². The number of hydrogen-bond acceptors (Lipinski definition) is 3. The summed E-state index contributed by atoms with van der Waals surface area (Å²) < 4.78 is 40.8. The van der Waals surface area contributed by atoms with E-state index in [2.05, 4.69) is 5.32 Å². The number of rotatable bonds is 5. The molecular formula is C19H22FN3O3S. The zero-order valence-corrected chi connectivity index (χ0v) is 16.1. The third kappa shape index (κ3) is 4.52. The lowest BCUT2D eigenvalue weighted by Gasteiger charge is -2.18. The number of carbonyl (C=O) groups excluding carboxylic acids is 1. The van der Waals surface area contributed by atoms with E-state index < -0.39 is 10.2 Å². The number of aryl methyl sites for hydroxylation is 2. The van der Waals surface area contributed by atoms with Gasteiger partial charge < -0.3 is 5.32 Å². The van der Waals surface area contributed by atoms with E-state index in [-0.39, 0.29) is 37.9 Å². The maximum atomic E-state index is 13.0. The van der Waals surface area contributed by atoms with Crippen LogP contribution < -0.4 is 5.32 Å². The van der Waals surface area contributed by atoms with Crippen LogP contribution in [0.1, 0.15) is 16.7 Å². The van der Waals surface area contributed by atoms with Crippen LogP contribution in [-0.2, 0) is 21.5 Å². The molecule has 144 valence electrons. The number of carbonyl (C=O) groups is 1. The highest BCUT2D eigenvalue weighted by Crippen LogP contribution is 2.20. The number of halogens is 1. The third-order valence-electron chi connectivity index (χ3n) is 4.50. The first-order valence-corrected chi connectivity index (χ1v) is 10.0. The van der Waals surface area contributed by atoms with Crippen molar-refractivity contribution >= 4 is 21.8 Å². The predicted molar refractivity (Wildman–Crippen MR) is 102 cm³/mol. The van der Waals surface area contributed by atoms with Crippen LogP contribution in [0.2, 0.25) is 0 Å². The van der Waals surface area contributed by atoms with E-state index in [9.17, 15) is 17.6 Å². The summed E-state index contributed by atoms with van der Waals surface area (Å²) in [7, 11) is -3.73. The van der Waals surface area contributed by atoms with Gasteiger partial charge in [0.05, 0.1) is 6.54 Å². The van der Waals surface area contributed by atoms with Crippen LogP contribution in [0.5, 0.6) is 0 Å². The second-order valence-corrected chi connectivity index (χ2v) is 8.60. The fourth-order valence-corrected chi connectivity index (χ4v) is 4.58. The van der Waals surface area contributed by atoms with Gasteiger partial charge in [-0.15, -0.1) is 0 Å². The molecule has 0 aliphatic carbocycles. The summed E-state index contributed by atoms with van der Waals surface area (Å²) in [5.41, 5.74) is 3.38. The van der Waals surface area contributed by atoms with E-state index in [1.807, 2.05) is 32.0 Å². The fourth-order valence-electron chi connectivity index (χ4n) is 3.04. The Kier molecular flexibility index (Phi) is 5.59. The van der Waals surface area contributed by atoms with Crippen molar-refractivity contribution < 1.29 is 17.6 Å². The Morgan fingerprint density at radius 1 is 1.07 bits per heavy atom. The van der Waals surface area contributed by atoms with Crippen LogP contribution in [0.25, 0.3) is 0 Å². The number of amides is 1. The van der Waals surface area contributed by atoms with Crippen LogP contribution in [0.4, 0.5) is 10.1 Å². The Labute approximate surface area is 158 Å². The van der Waals surface area contributed by atoms with Crippen LogP contribution >= 0.6 is 0 Å². The summed E-state index contributed by atoms with van der Waals surface area (Å²) in [5, 5.41) is 2.77. The van der Waals surface area contributed by atoms with E-state index in [4.69, 9.17) is 0 Å². The molecule has 1 amide bonds. The fraction of sp³-hybridized carbons (Fsp3) is 0.316. The van der Waals surface area contributed by atoms with Gasteiger partial charge in [-0.25, -0.2) is 4.39 Å². The van der Waals surface area contributed by atoms with Gasteiger partial charge >= 0.3 is 0 Å². The predicted octanol–water partition coefficient (Wildman–Crippen LogP) is 2.44. The van der Waals surface area contributed by atoms with Crippen LogP contribution in [0.15, 0.2) is 42.5 Å². The van der Waals surface area contributed by atoms with Gasteiger partial charge in [-0.1, -0.05) is 29.8 Å². The largest absolute Gasteiger partial charge is 0.325 e. The van der Waals surface area contributed by atoms with Gasteiger partial charge in [-0.2, -0.15) is 17.0 Å². The molecule has 0 spiro atoms. The molecule has 1 aliphatic rings. The van der Waals surface area contributed by atoms with Gasteiger partial charge in [0.2, 0.25) is 5.91 Å². The number of hydrogen-bond donors (Lipinski definition) is 1. The normalized spacial score (nSPS) is 17.1. The molecule has 1 fully saturated rings. The lowest BCUT2D eigenvalue weighted by molar-refractivity contribution is -0.116. The first kappa shape index (κ1) is 19.5. The monoisotopic (exact) mass is 391 g/mol. The highest BCUT2D eigenvalue weighted by molar-refractivity contribution is 7.87. The van der Waals surface area contributed by atoms with E-state index in [1.165, 1.54) is 16.4 Å². The van der Waals surface area contributed by atoms with Gasteiger partial charge in [-0.3, -0.25) is 4.79 Å². The quantitative estimate of drug-likeness (QED) is 0.851. The molecule has 0 saturated carbocycles. The summed E-state index contributed by atoms with van der Waals surface area (Å²) in [5.74, 6) is -0.748. The number of anilines is 1. The highest BCUT2D eigenvalue weighted by Gasteiger charge is 2.37. The lowest BCUT2D eigenvalue weighted by Crippen LogP contribution is -2.37. The molecule has 0 unspecified atom stereocenters. The summed E-state index contributed by atoms with van der Waals surface area (Å²) in [6, 6.07) is 11.4. The summed E-state index contributed by atoms with van der Waals surface area (Å²) in [4.78, 5) is 12.3. The first-order chi connectivity index (χ1) is 12.8. The van der Waals surface area contributed by atoms with Crippen molar-refractivity contribution in [1.82, 2.24) is 8.61 Å². The molecular weight excluding hydrogens is 369 g/mol. The van der Waals surface area contributed by atoms with Crippen LogP contribution in [-0.4, -0.2) is 42.6 Å². The molecule has 0 radical (unpaired) electrons. The molecule has 1 N–H and O–H groups in total. The van der Waals surface area contributed by atoms with Crippen molar-refractivity contribution in [2.75, 3.05) is 25.0 Å². The molecule has 0 bridgehead atoms. The Morgan fingerprint density at radius 2 is 1.74 bits per heavy atom. The summed E-state index contributed by atoms with van der Waals surface area (Å²) in [6.07, 6.45) is 0. The summed E-state index contributed by atoms with van der Waals surface area (Å²) in [6.45, 7) is 4.29. The molecule has 6 nitrogen and oxygen atoms in total. The molecule has 3 rings (SSSR count). The summed E-state index contributed by atoms with van der Waals surface area (Å²) >= 11 is 0. The molecule has 1 heterocycles. The molecule has 2 aromatic rings. The molecule has 0 atom stereocenters. The highest BCUT2D eigenvalue weighted by atomic mass is 32.2. The second kappa shape index (κ2) is 7.75. The molecule has 0 aromatic heterocycles. The van der Waals surface area contributed by atoms with Crippen molar-refractivity contribution in [2.45, 2.75) is 20.4 Å². The van der Waals surface area contributed by atoms with E-state index in [0.717, 1.165) is 15.4 Å². The number of nitrogens with zero attached hydrogens (tertiary/aromatic N) is 2. The van der Waals surface area contributed by atoms with Gasteiger partial charge in [0.15, 0.2) is 0 Å². The minimum atomic E-state index is -3.73. The topological polar surface area (TPSA) is 69.7 Å². The average Bonchev–Trinajstić information content (AvgIpc) is 2.87. The van der Waals surface area contributed by atoms with Gasteiger partial charge in [0.1, 0.15) is 5.82 Å². The number of benzene rings is 2. The molecule has 27 heavy (non-hydrogen) atoms. The molecule has 1 aliphatic heterocycles. The van der Waals surface area contributed by atoms with Crippen LogP contribution in [0, 0.1) is 19.7 Å². The minimum Gasteiger partial charge on any atom is -0.325 e. The Morgan fingerprint density at radius 3 is 2.41 bits per heavy atom. The molecule has 2 aromatic carbocycles. The van der Waals surface area contributed by atoms with E-state index in [1.54, 1.807) is 12.1 Å². The Balaban J connectivity index is 1.63. The third-order valence-corrected chi connectivity index (χ3v) is 6.43. The smallest absolute Gasteiger partial charge is 0.282 e. The zero-order chi connectivity index (χ0) is 19.6. The van der Waals surface area contributed by atoms with Crippen LogP contribution in [0.3, 0.4) is 0 Å². The van der Waals surface area contributed by atoms with E-state index >= 15 is 0 Å². The first-order valence-electron chi connectivity index (χ1n) is 8.62. The second-order valence-electron chi connectivity index (χ2n) is 6.67. The van der Waals surface area contributed by atoms with Crippen molar-refractivity contribution in [2.24, 2.45) is 0 Å². The lowest BCUT2D eigenvalue weighted by atomic mass is 10.1. The molecule has 1 saturated heterocycles. The maximum absolute atomic E-state index is 13.0. The van der Waals surface area contributed by atoms with Gasteiger partial charge in [0, 0.05) is 25.3 Å². The van der Waals surface area contributed by atoms with E-state index in [0.29, 0.717) is 11.3 Å². The van der Waals surface area contributed by atoms with Crippen molar-refractivity contribution in [3.63, 3.8) is 0 Å². The Bertz CT molecular complexity index is 945. The van der Waals surface area contributed by atoms with Crippen molar-refractivity contribution in [3.8, 4) is 0 Å². The standard InChI is InChI=1S/C19H22FN3O3S/c1-14-3-8-18(15(2)11-14)21-19(24)13-23-10-9-22(27(23,25)26)12-16-4-6-17(20)7-5-16/h3-8,11H,9-10,12-13H2,1-2H3,(H,21,24). The van der Waals surface area contributed by atoms with Crippen molar-refractivity contribution in [3.05, 3.63) is 65.0 Å². The SMILES string of the molecule is Cc1ccc(NC(=O)CN2CCN(Cc3ccc(F)cc3)S2(=O)=O)c(C)c1. The average molecular weight is 391 g/mol. The Hall–Kier alpha value is -2.29.